The second-order valence-electron chi connectivity index (χ2n) is 3.06. The first kappa shape index (κ1) is 10.4. The van der Waals surface area contributed by atoms with Crippen molar-refractivity contribution in [2.24, 2.45) is 0 Å². The molecule has 1 heterocycles. The normalized spacial score (nSPS) is 10.5. The summed E-state index contributed by atoms with van der Waals surface area (Å²) in [6.45, 7) is 2.78. The highest BCUT2D eigenvalue weighted by Crippen LogP contribution is 2.20. The van der Waals surface area contributed by atoms with Crippen molar-refractivity contribution >= 4 is 24.2 Å². The Bertz CT molecular complexity index is 464. The second kappa shape index (κ2) is 4.16. The summed E-state index contributed by atoms with van der Waals surface area (Å²) in [5.74, 6) is 0.791. The van der Waals surface area contributed by atoms with Gasteiger partial charge in [0.2, 0.25) is 0 Å². The van der Waals surface area contributed by atoms with E-state index >= 15 is 0 Å². The highest BCUT2D eigenvalue weighted by molar-refractivity contribution is 7.58. The molecule has 0 fully saturated rings. The van der Waals surface area contributed by atoms with Crippen LogP contribution in [-0.2, 0) is 19.2 Å². The first-order chi connectivity index (χ1) is 7.22. The predicted octanol–water partition coefficient (Wildman–Crippen LogP) is 2.52. The standard InChI is InChI=1S/C10H10ClN3S/c1-2-14-9(12-13-10(14)15)7-3-5-8(11)6-4-7/h3-6H,2H2,1H3,(H,13,15)/p-1. The van der Waals surface area contributed by atoms with E-state index in [9.17, 15) is 0 Å². The highest BCUT2D eigenvalue weighted by atomic mass is 35.5. The van der Waals surface area contributed by atoms with E-state index in [0.717, 1.165) is 17.9 Å². The van der Waals surface area contributed by atoms with Gasteiger partial charge in [0.15, 0.2) is 5.82 Å². The van der Waals surface area contributed by atoms with Gasteiger partial charge in [0.25, 0.3) is 0 Å². The van der Waals surface area contributed by atoms with E-state index in [0.29, 0.717) is 10.2 Å². The number of nitrogens with zero attached hydrogens (tertiary/aromatic N) is 3. The van der Waals surface area contributed by atoms with Gasteiger partial charge in [-0.3, -0.25) is 0 Å². The van der Waals surface area contributed by atoms with Crippen LogP contribution in [0.5, 0.6) is 0 Å². The van der Waals surface area contributed by atoms with Gasteiger partial charge in [-0.2, -0.15) is 5.10 Å². The lowest BCUT2D eigenvalue weighted by Gasteiger charge is -2.09. The lowest BCUT2D eigenvalue weighted by atomic mass is 10.2. The zero-order chi connectivity index (χ0) is 10.8. The molecule has 0 aliphatic heterocycles. The van der Waals surface area contributed by atoms with E-state index in [2.05, 4.69) is 10.2 Å². The van der Waals surface area contributed by atoms with Crippen LogP contribution in [0.3, 0.4) is 0 Å². The van der Waals surface area contributed by atoms with Crippen molar-refractivity contribution in [1.82, 2.24) is 14.8 Å². The van der Waals surface area contributed by atoms with Crippen molar-refractivity contribution in [3.63, 3.8) is 0 Å². The average molecular weight is 239 g/mol. The molecule has 0 saturated carbocycles. The fourth-order valence-electron chi connectivity index (χ4n) is 1.39. The molecule has 0 radical (unpaired) electrons. The van der Waals surface area contributed by atoms with Gasteiger partial charge in [-0.25, -0.2) is 0 Å². The van der Waals surface area contributed by atoms with Crippen LogP contribution in [-0.4, -0.2) is 14.8 Å². The Morgan fingerprint density at radius 1 is 1.27 bits per heavy atom. The summed E-state index contributed by atoms with van der Waals surface area (Å²) in [4.78, 5) is 0. The molecule has 0 N–H and O–H groups in total. The third-order valence-electron chi connectivity index (χ3n) is 2.14. The third kappa shape index (κ3) is 1.96. The zero-order valence-corrected chi connectivity index (χ0v) is 9.72. The van der Waals surface area contributed by atoms with Crippen molar-refractivity contribution in [3.05, 3.63) is 29.3 Å². The minimum Gasteiger partial charge on any atom is -0.740 e. The smallest absolute Gasteiger partial charge is 0.162 e. The monoisotopic (exact) mass is 238 g/mol. The van der Waals surface area contributed by atoms with E-state index in [-0.39, 0.29) is 0 Å². The molecule has 3 nitrogen and oxygen atoms in total. The summed E-state index contributed by atoms with van der Waals surface area (Å²) < 4.78 is 1.89. The highest BCUT2D eigenvalue weighted by Gasteiger charge is 2.05. The zero-order valence-electron chi connectivity index (χ0n) is 8.14. The van der Waals surface area contributed by atoms with E-state index in [4.69, 9.17) is 24.2 Å². The maximum Gasteiger partial charge on any atom is 0.162 e. The minimum absolute atomic E-state index is 0.516. The van der Waals surface area contributed by atoms with Gasteiger partial charge in [-0.05, 0) is 31.2 Å². The maximum absolute atomic E-state index is 5.81. The SMILES string of the molecule is CCn1c([S-])nnc1-c1ccc(Cl)cc1. The summed E-state index contributed by atoms with van der Waals surface area (Å²) in [6.07, 6.45) is 0. The van der Waals surface area contributed by atoms with Gasteiger partial charge >= 0.3 is 0 Å². The fourth-order valence-corrected chi connectivity index (χ4v) is 1.77. The van der Waals surface area contributed by atoms with Crippen molar-refractivity contribution < 1.29 is 0 Å². The molecule has 0 aliphatic carbocycles. The molecular formula is C10H9ClN3S-. The van der Waals surface area contributed by atoms with Crippen LogP contribution in [0.2, 0.25) is 5.02 Å². The molecule has 0 aliphatic rings. The van der Waals surface area contributed by atoms with Crippen molar-refractivity contribution in [2.75, 3.05) is 0 Å². The molecule has 2 rings (SSSR count). The Labute approximate surface area is 98.5 Å². The third-order valence-corrected chi connectivity index (χ3v) is 2.69. The summed E-state index contributed by atoms with van der Waals surface area (Å²) in [7, 11) is 0. The largest absolute Gasteiger partial charge is 0.740 e. The lowest BCUT2D eigenvalue weighted by Crippen LogP contribution is -1.99. The maximum atomic E-state index is 5.81. The lowest BCUT2D eigenvalue weighted by molar-refractivity contribution is 0.689. The molecule has 0 bridgehead atoms. The van der Waals surface area contributed by atoms with Crippen LogP contribution < -0.4 is 0 Å². The Morgan fingerprint density at radius 2 is 1.93 bits per heavy atom. The number of hydrogen-bond donors (Lipinski definition) is 0. The minimum atomic E-state index is 0.516. The van der Waals surface area contributed by atoms with E-state index in [1.165, 1.54) is 0 Å². The summed E-state index contributed by atoms with van der Waals surface area (Å²) in [5, 5.41) is 9.16. The quantitative estimate of drug-likeness (QED) is 0.754. The molecule has 2 aromatic rings. The van der Waals surface area contributed by atoms with Gasteiger partial charge in [-0.15, -0.1) is 5.10 Å². The number of aromatic nitrogens is 3. The number of hydrogen-bond acceptors (Lipinski definition) is 3. The predicted molar refractivity (Wildman–Crippen MR) is 61.8 cm³/mol. The number of halogens is 1. The van der Waals surface area contributed by atoms with Gasteiger partial charge in [0.05, 0.1) is 0 Å². The first-order valence-corrected chi connectivity index (χ1v) is 5.37. The number of benzene rings is 1. The Morgan fingerprint density at radius 3 is 2.53 bits per heavy atom. The van der Waals surface area contributed by atoms with Crippen LogP contribution in [0.15, 0.2) is 29.4 Å². The second-order valence-corrected chi connectivity index (χ2v) is 3.86. The molecule has 0 atom stereocenters. The topological polar surface area (TPSA) is 30.7 Å². The van der Waals surface area contributed by atoms with Crippen molar-refractivity contribution in [3.8, 4) is 11.4 Å². The summed E-state index contributed by atoms with van der Waals surface area (Å²) in [6, 6.07) is 7.48. The van der Waals surface area contributed by atoms with Crippen LogP contribution >= 0.6 is 11.6 Å². The van der Waals surface area contributed by atoms with E-state index in [1.807, 2.05) is 35.8 Å². The summed E-state index contributed by atoms with van der Waals surface area (Å²) >= 11 is 10.9. The van der Waals surface area contributed by atoms with Gasteiger partial charge in [0.1, 0.15) is 0 Å². The molecule has 0 unspecified atom stereocenters. The molecule has 1 aromatic carbocycles. The van der Waals surface area contributed by atoms with E-state index in [1.54, 1.807) is 0 Å². The Hall–Kier alpha value is -1.13. The Balaban J connectivity index is 2.49. The van der Waals surface area contributed by atoms with Crippen LogP contribution in [0, 0.1) is 0 Å². The molecule has 15 heavy (non-hydrogen) atoms. The van der Waals surface area contributed by atoms with E-state index < -0.39 is 0 Å². The summed E-state index contributed by atoms with van der Waals surface area (Å²) in [5.41, 5.74) is 0.977. The molecule has 78 valence electrons. The van der Waals surface area contributed by atoms with Crippen LogP contribution in [0.4, 0.5) is 0 Å². The molecule has 1 aromatic heterocycles. The van der Waals surface area contributed by atoms with Crippen LogP contribution in [0.1, 0.15) is 6.92 Å². The Kier molecular flexibility index (Phi) is 2.88. The van der Waals surface area contributed by atoms with Gasteiger partial charge in [0, 0.05) is 22.3 Å². The fraction of sp³-hybridized carbons (Fsp3) is 0.200. The average Bonchev–Trinajstić information content (AvgIpc) is 2.61. The number of rotatable bonds is 2. The van der Waals surface area contributed by atoms with Crippen molar-refractivity contribution in [2.45, 2.75) is 18.6 Å². The molecule has 5 heteroatoms. The first-order valence-electron chi connectivity index (χ1n) is 4.58. The molecular weight excluding hydrogens is 230 g/mol. The molecule has 0 spiro atoms. The van der Waals surface area contributed by atoms with Gasteiger partial charge < -0.3 is 17.2 Å². The van der Waals surface area contributed by atoms with Gasteiger partial charge in [-0.1, -0.05) is 11.6 Å². The van der Waals surface area contributed by atoms with Crippen LogP contribution in [0.25, 0.3) is 11.4 Å². The molecule has 0 saturated heterocycles. The van der Waals surface area contributed by atoms with Crippen molar-refractivity contribution in [1.29, 1.82) is 0 Å². The molecule has 0 amide bonds.